The molecule has 3 rings (SSSR count). The lowest BCUT2D eigenvalue weighted by Gasteiger charge is -2.32. The molecule has 0 aliphatic rings. The number of aryl methyl sites for hydroxylation is 1. The summed E-state index contributed by atoms with van der Waals surface area (Å²) in [6, 6.07) is 18.8. The summed E-state index contributed by atoms with van der Waals surface area (Å²) in [6.45, 7) is 4.97. The highest BCUT2D eigenvalue weighted by molar-refractivity contribution is 7.92. The van der Waals surface area contributed by atoms with Crippen molar-refractivity contribution in [2.24, 2.45) is 0 Å². The monoisotopic (exact) mass is 561 g/mol. The number of sulfonamides is 1. The molecule has 196 valence electrons. The second-order valence-electron chi connectivity index (χ2n) is 8.44. The van der Waals surface area contributed by atoms with Gasteiger partial charge in [0.25, 0.3) is 10.0 Å². The molecule has 7 nitrogen and oxygen atoms in total. The number of carbonyl (C=O) groups is 2. The minimum Gasteiger partial charge on any atom is -0.355 e. The number of anilines is 1. The van der Waals surface area contributed by atoms with E-state index < -0.39 is 28.5 Å². The normalized spacial score (nSPS) is 12.0. The van der Waals surface area contributed by atoms with Crippen LogP contribution in [-0.2, 0) is 26.2 Å². The van der Waals surface area contributed by atoms with Gasteiger partial charge in [-0.05, 0) is 62.2 Å². The highest BCUT2D eigenvalue weighted by Gasteiger charge is 2.33. The van der Waals surface area contributed by atoms with Crippen LogP contribution in [0.25, 0.3) is 0 Å². The molecule has 37 heavy (non-hydrogen) atoms. The second-order valence-corrected chi connectivity index (χ2v) is 11.1. The molecule has 3 aromatic carbocycles. The number of hydrogen-bond donors (Lipinski definition) is 1. The average molecular weight is 563 g/mol. The first-order valence-corrected chi connectivity index (χ1v) is 13.9. The van der Waals surface area contributed by atoms with E-state index in [-0.39, 0.29) is 23.0 Å². The fourth-order valence-electron chi connectivity index (χ4n) is 3.80. The minimum absolute atomic E-state index is 0.0184. The Morgan fingerprint density at radius 1 is 0.973 bits per heavy atom. The zero-order chi connectivity index (χ0) is 27.2. The largest absolute Gasteiger partial charge is 0.355 e. The molecule has 1 atom stereocenters. The van der Waals surface area contributed by atoms with Crippen LogP contribution in [0.4, 0.5) is 5.69 Å². The van der Waals surface area contributed by atoms with Gasteiger partial charge in [-0.3, -0.25) is 13.9 Å². The van der Waals surface area contributed by atoms with Gasteiger partial charge in [-0.1, -0.05) is 65.7 Å². The Kier molecular flexibility index (Phi) is 9.59. The Bertz CT molecular complexity index is 1370. The molecule has 0 radical (unpaired) electrons. The molecule has 0 fully saturated rings. The summed E-state index contributed by atoms with van der Waals surface area (Å²) < 4.78 is 28.6. The highest BCUT2D eigenvalue weighted by Crippen LogP contribution is 2.30. The molecular weight excluding hydrogens is 533 g/mol. The number of benzene rings is 3. The van der Waals surface area contributed by atoms with Crippen LogP contribution in [0.15, 0.2) is 77.7 Å². The number of amides is 2. The van der Waals surface area contributed by atoms with Crippen LogP contribution >= 0.6 is 23.2 Å². The molecule has 0 aliphatic carbocycles. The van der Waals surface area contributed by atoms with Crippen LogP contribution in [0.3, 0.4) is 0 Å². The third-order valence-electron chi connectivity index (χ3n) is 5.87. The molecule has 0 heterocycles. The Morgan fingerprint density at radius 3 is 2.27 bits per heavy atom. The lowest BCUT2D eigenvalue weighted by Crippen LogP contribution is -2.51. The predicted octanol–water partition coefficient (Wildman–Crippen LogP) is 5.05. The topological polar surface area (TPSA) is 86.8 Å². The molecule has 0 bridgehead atoms. The Hall–Kier alpha value is -3.07. The van der Waals surface area contributed by atoms with E-state index in [1.807, 2.05) is 0 Å². The van der Waals surface area contributed by atoms with Gasteiger partial charge in [-0.15, -0.1) is 0 Å². The third-order valence-corrected chi connectivity index (χ3v) is 8.24. The zero-order valence-electron chi connectivity index (χ0n) is 20.8. The summed E-state index contributed by atoms with van der Waals surface area (Å²) in [5.41, 5.74) is 1.52. The number of rotatable bonds is 10. The second kappa shape index (κ2) is 12.4. The van der Waals surface area contributed by atoms with E-state index in [4.69, 9.17) is 23.2 Å². The van der Waals surface area contributed by atoms with Gasteiger partial charge in [0, 0.05) is 23.1 Å². The molecule has 10 heteroatoms. The molecule has 3 aromatic rings. The number of halogens is 2. The Labute approximate surface area is 228 Å². The maximum atomic E-state index is 13.8. The van der Waals surface area contributed by atoms with Gasteiger partial charge in [0.2, 0.25) is 11.8 Å². The van der Waals surface area contributed by atoms with Crippen molar-refractivity contribution in [3.63, 3.8) is 0 Å². The van der Waals surface area contributed by atoms with Gasteiger partial charge < -0.3 is 10.2 Å². The van der Waals surface area contributed by atoms with E-state index in [2.05, 4.69) is 5.32 Å². The first-order valence-electron chi connectivity index (χ1n) is 11.7. The van der Waals surface area contributed by atoms with E-state index >= 15 is 0 Å². The average Bonchev–Trinajstić information content (AvgIpc) is 2.88. The summed E-state index contributed by atoms with van der Waals surface area (Å²) in [6.07, 6.45) is 0. The maximum absolute atomic E-state index is 13.8. The SMILES string of the molecule is CCNC(=O)C(C)N(Cc1ccccc1Cl)C(=O)CN(c1cc(Cl)ccc1C)S(=O)(=O)c1ccccc1. The quantitative estimate of drug-likeness (QED) is 0.375. The molecule has 0 aromatic heterocycles. The zero-order valence-corrected chi connectivity index (χ0v) is 23.1. The lowest BCUT2D eigenvalue weighted by molar-refractivity contribution is -0.139. The fraction of sp³-hybridized carbons (Fsp3) is 0.259. The molecule has 0 spiro atoms. The van der Waals surface area contributed by atoms with Gasteiger partial charge in [-0.25, -0.2) is 8.42 Å². The van der Waals surface area contributed by atoms with Gasteiger partial charge in [0.05, 0.1) is 10.6 Å². The van der Waals surface area contributed by atoms with Crippen molar-refractivity contribution in [1.82, 2.24) is 10.2 Å². The van der Waals surface area contributed by atoms with Gasteiger partial charge in [-0.2, -0.15) is 0 Å². The van der Waals surface area contributed by atoms with Crippen molar-refractivity contribution in [2.45, 2.75) is 38.3 Å². The smallest absolute Gasteiger partial charge is 0.264 e. The van der Waals surface area contributed by atoms with Crippen LogP contribution in [0, 0.1) is 6.92 Å². The standard InChI is InChI=1S/C27H29Cl2N3O4S/c1-4-30-27(34)20(3)31(17-21-10-8-9-13-24(21)29)26(33)18-32(25-16-22(28)15-14-19(25)2)37(35,36)23-11-6-5-7-12-23/h5-16,20H,4,17-18H2,1-3H3,(H,30,34). The molecular formula is C27H29Cl2N3O4S. The first-order chi connectivity index (χ1) is 17.6. The van der Waals surface area contributed by atoms with E-state index in [0.29, 0.717) is 27.7 Å². The molecule has 0 saturated carbocycles. The number of nitrogens with one attached hydrogen (secondary N) is 1. The maximum Gasteiger partial charge on any atom is 0.264 e. The van der Waals surface area contributed by atoms with Crippen LogP contribution < -0.4 is 9.62 Å². The third kappa shape index (κ3) is 6.83. The summed E-state index contributed by atoms with van der Waals surface area (Å²) in [4.78, 5) is 27.9. The van der Waals surface area contributed by atoms with Crippen LogP contribution in [-0.4, -0.2) is 44.3 Å². The van der Waals surface area contributed by atoms with Crippen molar-refractivity contribution in [2.75, 3.05) is 17.4 Å². The Morgan fingerprint density at radius 2 is 1.62 bits per heavy atom. The van der Waals surface area contributed by atoms with Crippen LogP contribution in [0.5, 0.6) is 0 Å². The first kappa shape index (κ1) is 28.5. The number of hydrogen-bond acceptors (Lipinski definition) is 4. The van der Waals surface area contributed by atoms with E-state index in [1.54, 1.807) is 75.4 Å². The van der Waals surface area contributed by atoms with Crippen molar-refractivity contribution >= 4 is 50.7 Å². The lowest BCUT2D eigenvalue weighted by atomic mass is 10.1. The molecule has 1 unspecified atom stereocenters. The summed E-state index contributed by atoms with van der Waals surface area (Å²) in [7, 11) is -4.16. The van der Waals surface area contributed by atoms with Gasteiger partial charge in [0.1, 0.15) is 12.6 Å². The molecule has 0 saturated heterocycles. The van der Waals surface area contributed by atoms with Crippen LogP contribution in [0.1, 0.15) is 25.0 Å². The number of carbonyl (C=O) groups excluding carboxylic acids is 2. The number of likely N-dealkylation sites (N-methyl/N-ethyl adjacent to an activating group) is 1. The molecule has 1 N–H and O–H groups in total. The van der Waals surface area contributed by atoms with Crippen molar-refractivity contribution < 1.29 is 18.0 Å². The predicted molar refractivity (Wildman–Crippen MR) is 147 cm³/mol. The van der Waals surface area contributed by atoms with Crippen molar-refractivity contribution in [1.29, 1.82) is 0 Å². The minimum atomic E-state index is -4.16. The van der Waals surface area contributed by atoms with Gasteiger partial charge in [0.15, 0.2) is 0 Å². The van der Waals surface area contributed by atoms with E-state index in [1.165, 1.54) is 23.1 Å². The molecule has 0 aliphatic heterocycles. The summed E-state index contributed by atoms with van der Waals surface area (Å²) in [5, 5.41) is 3.48. The van der Waals surface area contributed by atoms with E-state index in [9.17, 15) is 18.0 Å². The summed E-state index contributed by atoms with van der Waals surface area (Å²) >= 11 is 12.6. The van der Waals surface area contributed by atoms with Gasteiger partial charge >= 0.3 is 0 Å². The van der Waals surface area contributed by atoms with E-state index in [0.717, 1.165) is 4.31 Å². The molecule has 2 amide bonds. The fourth-order valence-corrected chi connectivity index (χ4v) is 5.65. The van der Waals surface area contributed by atoms with Crippen molar-refractivity contribution in [3.05, 3.63) is 94.0 Å². The Balaban J connectivity index is 2.07. The highest BCUT2D eigenvalue weighted by atomic mass is 35.5. The van der Waals surface area contributed by atoms with Crippen molar-refractivity contribution in [3.8, 4) is 0 Å². The number of nitrogens with zero attached hydrogens (tertiary/aromatic N) is 2. The van der Waals surface area contributed by atoms with Crippen LogP contribution in [0.2, 0.25) is 10.0 Å². The summed E-state index contributed by atoms with van der Waals surface area (Å²) in [5.74, 6) is -0.933.